The van der Waals surface area contributed by atoms with Crippen molar-refractivity contribution in [2.24, 2.45) is 0 Å². The van der Waals surface area contributed by atoms with Crippen molar-refractivity contribution >= 4 is 11.5 Å². The van der Waals surface area contributed by atoms with E-state index in [0.29, 0.717) is 12.4 Å². The van der Waals surface area contributed by atoms with Crippen molar-refractivity contribution in [1.82, 2.24) is 0 Å². The topological polar surface area (TPSA) is 78.7 Å². The summed E-state index contributed by atoms with van der Waals surface area (Å²) in [5.74, 6) is -0.00515. The number of carbonyl (C=O) groups is 1. The Bertz CT molecular complexity index is 458. The molecule has 1 aromatic rings. The molecule has 0 aromatic heterocycles. The van der Waals surface area contributed by atoms with Gasteiger partial charge in [0.25, 0.3) is 5.69 Å². The predicted molar refractivity (Wildman–Crippen MR) is 65.1 cm³/mol. The number of benzene rings is 1. The Hall–Kier alpha value is -1.95. The molecule has 0 N–H and O–H groups in total. The lowest BCUT2D eigenvalue weighted by atomic mass is 10.1. The van der Waals surface area contributed by atoms with Gasteiger partial charge >= 0.3 is 0 Å². The van der Waals surface area contributed by atoms with Crippen molar-refractivity contribution in [3.63, 3.8) is 0 Å². The van der Waals surface area contributed by atoms with E-state index in [1.807, 2.05) is 0 Å². The van der Waals surface area contributed by atoms with Crippen molar-refractivity contribution in [2.75, 3.05) is 13.7 Å². The third-order valence-electron chi connectivity index (χ3n) is 2.28. The van der Waals surface area contributed by atoms with E-state index >= 15 is 0 Å². The lowest BCUT2D eigenvalue weighted by Gasteiger charge is -2.13. The normalized spacial score (nSPS) is 11.9. The molecule has 0 aliphatic carbocycles. The van der Waals surface area contributed by atoms with Gasteiger partial charge in [0.15, 0.2) is 5.78 Å². The predicted octanol–water partition coefficient (Wildman–Crippen LogP) is 2.21. The summed E-state index contributed by atoms with van der Waals surface area (Å²) in [6.45, 7) is 3.45. The number of methoxy groups -OCH3 is 1. The van der Waals surface area contributed by atoms with Crippen LogP contribution in [-0.2, 0) is 4.74 Å². The van der Waals surface area contributed by atoms with Crippen molar-refractivity contribution in [1.29, 1.82) is 0 Å². The molecule has 1 aromatic carbocycles. The van der Waals surface area contributed by atoms with Crippen LogP contribution in [-0.4, -0.2) is 30.5 Å². The molecule has 0 radical (unpaired) electrons. The first-order chi connectivity index (χ1) is 8.45. The largest absolute Gasteiger partial charge is 0.488 e. The van der Waals surface area contributed by atoms with Gasteiger partial charge in [-0.15, -0.1) is 0 Å². The second-order valence-electron chi connectivity index (χ2n) is 3.88. The maximum absolute atomic E-state index is 11.2. The summed E-state index contributed by atoms with van der Waals surface area (Å²) < 4.78 is 10.3. The van der Waals surface area contributed by atoms with Crippen LogP contribution >= 0.6 is 0 Å². The van der Waals surface area contributed by atoms with E-state index in [1.165, 1.54) is 25.1 Å². The van der Waals surface area contributed by atoms with E-state index in [1.54, 1.807) is 14.0 Å². The standard InChI is InChI=1S/C12H15NO5/c1-8(7-17-3)18-10-4-5-11(9(2)14)12(6-10)13(15)16/h4-6,8H,7H2,1-3H3. The van der Waals surface area contributed by atoms with Crippen LogP contribution in [0.3, 0.4) is 0 Å². The van der Waals surface area contributed by atoms with Gasteiger partial charge in [-0.05, 0) is 26.0 Å². The molecule has 0 bridgehead atoms. The number of nitro benzene ring substituents is 1. The number of ketones is 1. The Balaban J connectivity index is 3.00. The summed E-state index contributed by atoms with van der Waals surface area (Å²) in [4.78, 5) is 21.5. The lowest BCUT2D eigenvalue weighted by Crippen LogP contribution is -2.18. The van der Waals surface area contributed by atoms with E-state index in [2.05, 4.69) is 0 Å². The zero-order valence-electron chi connectivity index (χ0n) is 10.5. The monoisotopic (exact) mass is 253 g/mol. The van der Waals surface area contributed by atoms with Crippen LogP contribution in [0.1, 0.15) is 24.2 Å². The quantitative estimate of drug-likeness (QED) is 0.441. The van der Waals surface area contributed by atoms with Crippen LogP contribution in [0.4, 0.5) is 5.69 Å². The molecule has 1 atom stereocenters. The van der Waals surface area contributed by atoms with Crippen LogP contribution in [0.5, 0.6) is 5.75 Å². The molecule has 0 saturated carbocycles. The average molecular weight is 253 g/mol. The molecule has 0 amide bonds. The third-order valence-corrected chi connectivity index (χ3v) is 2.28. The number of nitrogens with zero attached hydrogens (tertiary/aromatic N) is 1. The molecule has 1 unspecified atom stereocenters. The maximum atomic E-state index is 11.2. The van der Waals surface area contributed by atoms with Gasteiger partial charge in [-0.2, -0.15) is 0 Å². The number of nitro groups is 1. The summed E-state index contributed by atoms with van der Waals surface area (Å²) in [6.07, 6.45) is -0.224. The third kappa shape index (κ3) is 3.53. The second-order valence-corrected chi connectivity index (χ2v) is 3.88. The van der Waals surface area contributed by atoms with Crippen LogP contribution < -0.4 is 4.74 Å². The highest BCUT2D eigenvalue weighted by molar-refractivity contribution is 5.98. The van der Waals surface area contributed by atoms with E-state index < -0.39 is 4.92 Å². The molecule has 0 aliphatic heterocycles. The molecule has 0 heterocycles. The fourth-order valence-corrected chi connectivity index (χ4v) is 1.53. The molecule has 1 rings (SSSR count). The highest BCUT2D eigenvalue weighted by Gasteiger charge is 2.19. The Labute approximate surface area is 105 Å². The highest BCUT2D eigenvalue weighted by atomic mass is 16.6. The van der Waals surface area contributed by atoms with Gasteiger partial charge in [-0.25, -0.2) is 0 Å². The number of Topliss-reactive ketones (excluding diaryl/α,β-unsaturated/α-hetero) is 1. The smallest absolute Gasteiger partial charge is 0.283 e. The van der Waals surface area contributed by atoms with E-state index in [4.69, 9.17) is 9.47 Å². The minimum atomic E-state index is -0.593. The first-order valence-electron chi connectivity index (χ1n) is 5.40. The molecular formula is C12H15NO5. The number of carbonyl (C=O) groups excluding carboxylic acids is 1. The first-order valence-corrected chi connectivity index (χ1v) is 5.40. The fraction of sp³-hybridized carbons (Fsp3) is 0.417. The molecule has 6 nitrogen and oxygen atoms in total. The Kier molecular flexibility index (Phi) is 4.79. The van der Waals surface area contributed by atoms with Gasteiger partial charge in [0.05, 0.1) is 23.2 Å². The molecule has 0 saturated heterocycles. The number of hydrogen-bond acceptors (Lipinski definition) is 5. The van der Waals surface area contributed by atoms with Crippen LogP contribution in [0.2, 0.25) is 0 Å². The highest BCUT2D eigenvalue weighted by Crippen LogP contribution is 2.25. The molecule has 6 heteroatoms. The van der Waals surface area contributed by atoms with Crippen molar-refractivity contribution in [2.45, 2.75) is 20.0 Å². The zero-order valence-corrected chi connectivity index (χ0v) is 10.5. The molecule has 0 fully saturated rings. The molecule has 0 spiro atoms. The summed E-state index contributed by atoms with van der Waals surface area (Å²) >= 11 is 0. The molecule has 0 aliphatic rings. The Morgan fingerprint density at radius 3 is 2.67 bits per heavy atom. The van der Waals surface area contributed by atoms with E-state index in [0.717, 1.165) is 0 Å². The summed E-state index contributed by atoms with van der Waals surface area (Å²) in [5, 5.41) is 10.9. The van der Waals surface area contributed by atoms with E-state index in [9.17, 15) is 14.9 Å². The van der Waals surface area contributed by atoms with E-state index in [-0.39, 0.29) is 23.1 Å². The molecular weight excluding hydrogens is 238 g/mol. The fourth-order valence-electron chi connectivity index (χ4n) is 1.53. The summed E-state index contributed by atoms with van der Waals surface area (Å²) in [6, 6.07) is 4.19. The van der Waals surface area contributed by atoms with Gasteiger partial charge in [-0.1, -0.05) is 0 Å². The second kappa shape index (κ2) is 6.11. The van der Waals surface area contributed by atoms with Gasteiger partial charge in [0, 0.05) is 7.11 Å². The number of ether oxygens (including phenoxy) is 2. The lowest BCUT2D eigenvalue weighted by molar-refractivity contribution is -0.385. The van der Waals surface area contributed by atoms with Gasteiger partial charge in [0.1, 0.15) is 11.9 Å². The molecule has 98 valence electrons. The van der Waals surface area contributed by atoms with Crippen LogP contribution in [0.25, 0.3) is 0 Å². The Morgan fingerprint density at radius 1 is 1.50 bits per heavy atom. The van der Waals surface area contributed by atoms with Crippen molar-refractivity contribution in [3.8, 4) is 5.75 Å². The van der Waals surface area contributed by atoms with Crippen LogP contribution in [0, 0.1) is 10.1 Å². The number of hydrogen-bond donors (Lipinski definition) is 0. The summed E-state index contributed by atoms with van der Waals surface area (Å²) in [5.41, 5.74) is -0.170. The van der Waals surface area contributed by atoms with Crippen LogP contribution in [0.15, 0.2) is 18.2 Å². The van der Waals surface area contributed by atoms with Gasteiger partial charge < -0.3 is 9.47 Å². The number of rotatable bonds is 6. The minimum absolute atomic E-state index is 0.0757. The average Bonchev–Trinajstić information content (AvgIpc) is 2.28. The van der Waals surface area contributed by atoms with Crippen molar-refractivity contribution in [3.05, 3.63) is 33.9 Å². The van der Waals surface area contributed by atoms with Gasteiger partial charge in [-0.3, -0.25) is 14.9 Å². The Morgan fingerprint density at radius 2 is 2.17 bits per heavy atom. The minimum Gasteiger partial charge on any atom is -0.488 e. The molecule has 18 heavy (non-hydrogen) atoms. The maximum Gasteiger partial charge on any atom is 0.283 e. The zero-order chi connectivity index (χ0) is 13.7. The van der Waals surface area contributed by atoms with Crippen molar-refractivity contribution < 1.29 is 19.2 Å². The van der Waals surface area contributed by atoms with Gasteiger partial charge in [0.2, 0.25) is 0 Å². The summed E-state index contributed by atoms with van der Waals surface area (Å²) in [7, 11) is 1.54. The SMILES string of the molecule is COCC(C)Oc1ccc(C(C)=O)c([N+](=O)[O-])c1. The first kappa shape index (κ1) is 14.1.